The van der Waals surface area contributed by atoms with Gasteiger partial charge in [0.25, 0.3) is 0 Å². The third-order valence-corrected chi connectivity index (χ3v) is 3.02. The Morgan fingerprint density at radius 3 is 2.62 bits per heavy atom. The Kier molecular flexibility index (Phi) is 2.63. The summed E-state index contributed by atoms with van der Waals surface area (Å²) in [5.41, 5.74) is -0.405. The maximum Gasteiger partial charge on any atom is 0.237 e. The van der Waals surface area contributed by atoms with Crippen molar-refractivity contribution in [3.8, 4) is 0 Å². The third kappa shape index (κ3) is 2.03. The van der Waals surface area contributed by atoms with Crippen LogP contribution >= 0.6 is 10.7 Å². The van der Waals surface area contributed by atoms with Crippen LogP contribution in [0.25, 0.3) is 11.0 Å². The summed E-state index contributed by atoms with van der Waals surface area (Å²) >= 11 is 0. The van der Waals surface area contributed by atoms with Gasteiger partial charge >= 0.3 is 0 Å². The molecule has 1 heterocycles. The number of hydrogen-bond acceptors (Lipinski definition) is 3. The van der Waals surface area contributed by atoms with Crippen LogP contribution in [0.5, 0.6) is 0 Å². The Hall–Kier alpha value is -1.14. The summed E-state index contributed by atoms with van der Waals surface area (Å²) in [6.07, 6.45) is 1.15. The highest BCUT2D eigenvalue weighted by Crippen LogP contribution is 2.27. The maximum absolute atomic E-state index is 13.4. The number of halogens is 3. The summed E-state index contributed by atoms with van der Waals surface area (Å²) in [6, 6.07) is 1.89. The van der Waals surface area contributed by atoms with Crippen molar-refractivity contribution in [1.82, 2.24) is 0 Å². The van der Waals surface area contributed by atoms with E-state index in [1.807, 2.05) is 0 Å². The fourth-order valence-corrected chi connectivity index (χ4v) is 2.36. The fraction of sp³-hybridized carbons (Fsp3) is 0.111. The molecule has 0 fully saturated rings. The molecule has 2 aromatic rings. The second-order valence-corrected chi connectivity index (χ2v) is 5.94. The molecule has 0 N–H and O–H groups in total. The summed E-state index contributed by atoms with van der Waals surface area (Å²) in [5.74, 6) is -2.55. The SMILES string of the molecule is O=S(=O)(Cl)Cc1c(F)cc(F)c2ccoc12. The minimum atomic E-state index is -3.93. The molecule has 1 aromatic heterocycles. The van der Waals surface area contributed by atoms with Gasteiger partial charge in [-0.2, -0.15) is 0 Å². The Labute approximate surface area is 94.0 Å². The molecule has 0 saturated carbocycles. The van der Waals surface area contributed by atoms with Gasteiger partial charge in [-0.05, 0) is 6.07 Å². The quantitative estimate of drug-likeness (QED) is 0.785. The van der Waals surface area contributed by atoms with Crippen molar-refractivity contribution in [3.05, 3.63) is 35.6 Å². The molecule has 7 heteroatoms. The lowest BCUT2D eigenvalue weighted by Gasteiger charge is -2.02. The van der Waals surface area contributed by atoms with Crippen LogP contribution in [-0.2, 0) is 14.8 Å². The predicted molar refractivity (Wildman–Crippen MR) is 54.6 cm³/mol. The van der Waals surface area contributed by atoms with Crippen LogP contribution in [0.2, 0.25) is 0 Å². The molecule has 16 heavy (non-hydrogen) atoms. The average molecular weight is 267 g/mol. The minimum Gasteiger partial charge on any atom is -0.464 e. The van der Waals surface area contributed by atoms with E-state index in [2.05, 4.69) is 0 Å². The highest BCUT2D eigenvalue weighted by atomic mass is 35.7. The average Bonchev–Trinajstić information content (AvgIpc) is 2.59. The molecule has 0 bridgehead atoms. The van der Waals surface area contributed by atoms with Crippen molar-refractivity contribution < 1.29 is 21.6 Å². The largest absolute Gasteiger partial charge is 0.464 e. The summed E-state index contributed by atoms with van der Waals surface area (Å²) in [7, 11) is 1.08. The minimum absolute atomic E-state index is 0.0247. The molecule has 86 valence electrons. The Balaban J connectivity index is 2.73. The van der Waals surface area contributed by atoms with Gasteiger partial charge in [-0.15, -0.1) is 0 Å². The Morgan fingerprint density at radius 2 is 2.00 bits per heavy atom. The van der Waals surface area contributed by atoms with Crippen molar-refractivity contribution in [2.24, 2.45) is 0 Å². The first-order valence-electron chi connectivity index (χ1n) is 4.15. The molecule has 0 amide bonds. The molecule has 0 aliphatic rings. The van der Waals surface area contributed by atoms with Crippen LogP contribution in [0.3, 0.4) is 0 Å². The highest BCUT2D eigenvalue weighted by molar-refractivity contribution is 8.13. The molecule has 0 spiro atoms. The lowest BCUT2D eigenvalue weighted by molar-refractivity contribution is 0.564. The molecular weight excluding hydrogens is 262 g/mol. The maximum atomic E-state index is 13.4. The third-order valence-electron chi connectivity index (χ3n) is 2.06. The molecule has 0 unspecified atom stereocenters. The number of benzene rings is 1. The Bertz CT molecular complexity index is 648. The van der Waals surface area contributed by atoms with E-state index in [9.17, 15) is 17.2 Å². The van der Waals surface area contributed by atoms with E-state index < -0.39 is 26.4 Å². The first-order chi connectivity index (χ1) is 7.38. The number of hydrogen-bond donors (Lipinski definition) is 0. The van der Waals surface area contributed by atoms with Gasteiger partial charge in [0.15, 0.2) is 0 Å². The van der Waals surface area contributed by atoms with Crippen molar-refractivity contribution >= 4 is 30.7 Å². The van der Waals surface area contributed by atoms with E-state index in [0.717, 1.165) is 6.26 Å². The van der Waals surface area contributed by atoms with E-state index >= 15 is 0 Å². The van der Waals surface area contributed by atoms with Gasteiger partial charge in [0.05, 0.1) is 17.4 Å². The van der Waals surface area contributed by atoms with Gasteiger partial charge < -0.3 is 4.42 Å². The summed E-state index contributed by atoms with van der Waals surface area (Å²) in [5, 5.41) is 0.0247. The molecule has 0 atom stereocenters. The van der Waals surface area contributed by atoms with Gasteiger partial charge in [-0.25, -0.2) is 17.2 Å². The van der Waals surface area contributed by atoms with E-state index in [1.54, 1.807) is 0 Å². The van der Waals surface area contributed by atoms with Crippen LogP contribution in [0.1, 0.15) is 5.56 Å². The van der Waals surface area contributed by atoms with Crippen LogP contribution in [0.15, 0.2) is 22.8 Å². The predicted octanol–water partition coefficient (Wildman–Crippen LogP) is 2.78. The second kappa shape index (κ2) is 3.71. The smallest absolute Gasteiger partial charge is 0.237 e. The molecule has 1 aromatic carbocycles. The molecule has 2 rings (SSSR count). The van der Waals surface area contributed by atoms with Crippen LogP contribution < -0.4 is 0 Å². The molecule has 0 radical (unpaired) electrons. The summed E-state index contributed by atoms with van der Waals surface area (Å²) < 4.78 is 53.2. The first kappa shape index (κ1) is 11.3. The van der Waals surface area contributed by atoms with E-state index in [4.69, 9.17) is 15.1 Å². The van der Waals surface area contributed by atoms with Crippen molar-refractivity contribution in [3.63, 3.8) is 0 Å². The standard InChI is InChI=1S/C9H5ClF2O3S/c10-16(13,14)4-6-8(12)3-7(11)5-1-2-15-9(5)6/h1-3H,4H2. The van der Waals surface area contributed by atoms with Crippen molar-refractivity contribution in [2.45, 2.75) is 5.75 Å². The van der Waals surface area contributed by atoms with Crippen LogP contribution in [0.4, 0.5) is 8.78 Å². The normalized spacial score (nSPS) is 12.2. The monoisotopic (exact) mass is 266 g/mol. The van der Waals surface area contributed by atoms with Crippen LogP contribution in [0, 0.1) is 11.6 Å². The molecule has 3 nitrogen and oxygen atoms in total. The molecule has 0 aliphatic heterocycles. The van der Waals surface area contributed by atoms with Gasteiger partial charge in [0, 0.05) is 22.3 Å². The molecule has 0 aliphatic carbocycles. The van der Waals surface area contributed by atoms with Crippen molar-refractivity contribution in [1.29, 1.82) is 0 Å². The lowest BCUT2D eigenvalue weighted by Crippen LogP contribution is -2.00. The van der Waals surface area contributed by atoms with Gasteiger partial charge in [0.2, 0.25) is 9.05 Å². The number of rotatable bonds is 2. The van der Waals surface area contributed by atoms with E-state index in [1.165, 1.54) is 6.07 Å². The topological polar surface area (TPSA) is 47.3 Å². The van der Waals surface area contributed by atoms with Gasteiger partial charge in [0.1, 0.15) is 17.2 Å². The van der Waals surface area contributed by atoms with E-state index in [-0.39, 0.29) is 16.5 Å². The summed E-state index contributed by atoms with van der Waals surface area (Å²) in [4.78, 5) is 0. The second-order valence-electron chi connectivity index (χ2n) is 3.17. The highest BCUT2D eigenvalue weighted by Gasteiger charge is 2.19. The molecule has 0 saturated heterocycles. The zero-order chi connectivity index (χ0) is 11.9. The molecular formula is C9H5ClF2O3S. The number of fused-ring (bicyclic) bond motifs is 1. The lowest BCUT2D eigenvalue weighted by atomic mass is 10.1. The first-order valence-corrected chi connectivity index (χ1v) is 6.63. The van der Waals surface area contributed by atoms with Gasteiger partial charge in [-0.3, -0.25) is 0 Å². The van der Waals surface area contributed by atoms with E-state index in [0.29, 0.717) is 6.07 Å². The van der Waals surface area contributed by atoms with Crippen molar-refractivity contribution in [2.75, 3.05) is 0 Å². The van der Waals surface area contributed by atoms with Gasteiger partial charge in [-0.1, -0.05) is 0 Å². The van der Waals surface area contributed by atoms with Crippen LogP contribution in [-0.4, -0.2) is 8.42 Å². The fourth-order valence-electron chi connectivity index (χ4n) is 1.42. The zero-order valence-electron chi connectivity index (χ0n) is 7.71. The number of furan rings is 1. The zero-order valence-corrected chi connectivity index (χ0v) is 9.28. The Morgan fingerprint density at radius 1 is 1.31 bits per heavy atom. The summed E-state index contributed by atoms with van der Waals surface area (Å²) in [6.45, 7) is 0.